The summed E-state index contributed by atoms with van der Waals surface area (Å²) in [5.74, 6) is 2.59. The fourth-order valence-electron chi connectivity index (χ4n) is 3.75. The largest absolute Gasteiger partial charge is 0.497 e. The van der Waals surface area contributed by atoms with Crippen molar-refractivity contribution in [3.8, 4) is 17.2 Å². The van der Waals surface area contributed by atoms with Crippen molar-refractivity contribution in [3.05, 3.63) is 72.1 Å². The average molecular weight is 524 g/mol. The molecule has 0 saturated carbocycles. The molecular weight excluding hydrogens is 494 g/mol. The van der Waals surface area contributed by atoms with Gasteiger partial charge in [-0.1, -0.05) is 36.0 Å². The summed E-state index contributed by atoms with van der Waals surface area (Å²) in [6.45, 7) is 6.69. The number of nitrogens with zero attached hydrogens (tertiary/aromatic N) is 3. The van der Waals surface area contributed by atoms with Gasteiger partial charge in [0.15, 0.2) is 22.5 Å². The highest BCUT2D eigenvalue weighted by molar-refractivity contribution is 7.99. The van der Waals surface area contributed by atoms with Crippen molar-refractivity contribution in [1.29, 1.82) is 0 Å². The third-order valence-corrected chi connectivity index (χ3v) is 6.57. The second-order valence-corrected chi connectivity index (χ2v) is 9.25. The normalized spacial score (nSPS) is 12.6. The SMILES string of the molecule is C=CCn1c(SCC(=O)NCc2ccc3c(c2)OCO3)nnc1C(C)NC(=O)Cc1ccc(OC)cc1. The lowest BCUT2D eigenvalue weighted by molar-refractivity contribution is -0.121. The van der Waals surface area contributed by atoms with Crippen molar-refractivity contribution >= 4 is 23.6 Å². The molecule has 0 fully saturated rings. The Bertz CT molecular complexity index is 1260. The van der Waals surface area contributed by atoms with Gasteiger partial charge in [0.25, 0.3) is 0 Å². The van der Waals surface area contributed by atoms with E-state index < -0.39 is 0 Å². The monoisotopic (exact) mass is 523 g/mol. The van der Waals surface area contributed by atoms with Crippen LogP contribution in [0, 0.1) is 0 Å². The van der Waals surface area contributed by atoms with Crippen LogP contribution in [0.15, 0.2) is 60.3 Å². The average Bonchev–Trinajstić information content (AvgIpc) is 3.53. The standard InChI is InChI=1S/C26H29N5O5S/c1-4-11-31-25(17(2)28-23(32)13-18-5-8-20(34-3)9-6-18)29-30-26(31)37-15-24(33)27-14-19-7-10-21-22(12-19)36-16-35-21/h4-10,12,17H,1,11,13-16H2,2-3H3,(H,27,33)(H,28,32). The fraction of sp³-hybridized carbons (Fsp3) is 0.308. The number of amides is 2. The highest BCUT2D eigenvalue weighted by atomic mass is 32.2. The summed E-state index contributed by atoms with van der Waals surface area (Å²) < 4.78 is 17.7. The Morgan fingerprint density at radius 1 is 1.14 bits per heavy atom. The van der Waals surface area contributed by atoms with E-state index in [9.17, 15) is 9.59 Å². The van der Waals surface area contributed by atoms with Crippen LogP contribution in [0.3, 0.4) is 0 Å². The van der Waals surface area contributed by atoms with Crippen LogP contribution >= 0.6 is 11.8 Å². The fourth-order valence-corrected chi connectivity index (χ4v) is 4.53. The van der Waals surface area contributed by atoms with E-state index in [2.05, 4.69) is 27.4 Å². The van der Waals surface area contributed by atoms with E-state index in [0.717, 1.165) is 16.9 Å². The van der Waals surface area contributed by atoms with Gasteiger partial charge < -0.3 is 29.4 Å². The van der Waals surface area contributed by atoms with E-state index >= 15 is 0 Å². The lowest BCUT2D eigenvalue weighted by Crippen LogP contribution is -2.30. The molecule has 2 aromatic carbocycles. The summed E-state index contributed by atoms with van der Waals surface area (Å²) in [5.41, 5.74) is 1.79. The number of ether oxygens (including phenoxy) is 3. The molecule has 0 aliphatic carbocycles. The second kappa shape index (κ2) is 12.3. The van der Waals surface area contributed by atoms with Gasteiger partial charge in [-0.15, -0.1) is 16.8 Å². The van der Waals surface area contributed by atoms with Crippen LogP contribution in [-0.2, 0) is 29.1 Å². The Kier molecular flexibility index (Phi) is 8.68. The van der Waals surface area contributed by atoms with Crippen LogP contribution in [0.4, 0.5) is 0 Å². The molecule has 0 saturated heterocycles. The van der Waals surface area contributed by atoms with Gasteiger partial charge in [-0.05, 0) is 42.3 Å². The number of hydrogen-bond acceptors (Lipinski definition) is 8. The maximum absolute atomic E-state index is 12.6. The van der Waals surface area contributed by atoms with Crippen molar-refractivity contribution in [3.63, 3.8) is 0 Å². The molecule has 0 spiro atoms. The summed E-state index contributed by atoms with van der Waals surface area (Å²) >= 11 is 1.27. The summed E-state index contributed by atoms with van der Waals surface area (Å²) in [4.78, 5) is 25.1. The first-order chi connectivity index (χ1) is 18.0. The van der Waals surface area contributed by atoms with E-state index in [1.54, 1.807) is 13.2 Å². The Morgan fingerprint density at radius 3 is 2.65 bits per heavy atom. The number of benzene rings is 2. The molecule has 1 aliphatic heterocycles. The summed E-state index contributed by atoms with van der Waals surface area (Å²) in [5, 5.41) is 15.0. The number of aromatic nitrogens is 3. The Labute approximate surface area is 219 Å². The van der Waals surface area contributed by atoms with E-state index in [0.29, 0.717) is 35.6 Å². The quantitative estimate of drug-likeness (QED) is 0.275. The minimum Gasteiger partial charge on any atom is -0.497 e. The van der Waals surface area contributed by atoms with Gasteiger partial charge in [-0.2, -0.15) is 0 Å². The van der Waals surface area contributed by atoms with Crippen molar-refractivity contribution in [2.75, 3.05) is 19.7 Å². The van der Waals surface area contributed by atoms with Gasteiger partial charge in [-0.3, -0.25) is 9.59 Å². The van der Waals surface area contributed by atoms with Crippen LogP contribution in [0.25, 0.3) is 0 Å². The third kappa shape index (κ3) is 6.82. The molecule has 37 heavy (non-hydrogen) atoms. The zero-order chi connectivity index (χ0) is 26.2. The van der Waals surface area contributed by atoms with Crippen molar-refractivity contribution < 1.29 is 23.8 Å². The molecule has 1 unspecified atom stereocenters. The minimum atomic E-state index is -0.382. The number of methoxy groups -OCH3 is 1. The molecule has 11 heteroatoms. The Hall–Kier alpha value is -3.99. The van der Waals surface area contributed by atoms with Crippen molar-refractivity contribution in [2.24, 2.45) is 0 Å². The lowest BCUT2D eigenvalue weighted by Gasteiger charge is -2.15. The Morgan fingerprint density at radius 2 is 1.89 bits per heavy atom. The predicted octanol–water partition coefficient (Wildman–Crippen LogP) is 3.03. The van der Waals surface area contributed by atoms with Crippen LogP contribution in [-0.4, -0.2) is 46.2 Å². The highest BCUT2D eigenvalue weighted by Crippen LogP contribution is 2.32. The number of carbonyl (C=O) groups excluding carboxylic acids is 2. The molecular formula is C26H29N5O5S. The highest BCUT2D eigenvalue weighted by Gasteiger charge is 2.20. The first-order valence-electron chi connectivity index (χ1n) is 11.7. The van der Waals surface area contributed by atoms with Crippen LogP contribution < -0.4 is 24.8 Å². The molecule has 1 aromatic heterocycles. The molecule has 10 nitrogen and oxygen atoms in total. The van der Waals surface area contributed by atoms with E-state index in [1.807, 2.05) is 54.0 Å². The van der Waals surface area contributed by atoms with E-state index in [-0.39, 0.29) is 36.8 Å². The molecule has 1 aliphatic rings. The van der Waals surface area contributed by atoms with Gasteiger partial charge in [0, 0.05) is 13.1 Å². The smallest absolute Gasteiger partial charge is 0.231 e. The Balaban J connectivity index is 1.30. The molecule has 0 radical (unpaired) electrons. The zero-order valence-electron chi connectivity index (χ0n) is 20.7. The zero-order valence-corrected chi connectivity index (χ0v) is 21.5. The number of hydrogen-bond donors (Lipinski definition) is 2. The third-order valence-electron chi connectivity index (χ3n) is 5.60. The number of nitrogens with one attached hydrogen (secondary N) is 2. The summed E-state index contributed by atoms with van der Waals surface area (Å²) in [7, 11) is 1.60. The molecule has 194 valence electrons. The van der Waals surface area contributed by atoms with Crippen molar-refractivity contribution in [1.82, 2.24) is 25.4 Å². The topological polar surface area (TPSA) is 117 Å². The molecule has 2 amide bonds. The number of allylic oxidation sites excluding steroid dienone is 1. The number of rotatable bonds is 12. The van der Waals surface area contributed by atoms with Crippen LogP contribution in [0.2, 0.25) is 0 Å². The lowest BCUT2D eigenvalue weighted by atomic mass is 10.1. The summed E-state index contributed by atoms with van der Waals surface area (Å²) in [6.07, 6.45) is 1.96. The maximum Gasteiger partial charge on any atom is 0.231 e. The van der Waals surface area contributed by atoms with Gasteiger partial charge in [0.1, 0.15) is 5.75 Å². The van der Waals surface area contributed by atoms with Crippen molar-refractivity contribution in [2.45, 2.75) is 37.6 Å². The van der Waals surface area contributed by atoms with Gasteiger partial charge in [-0.25, -0.2) is 0 Å². The van der Waals surface area contributed by atoms with Crippen LogP contribution in [0.1, 0.15) is 29.9 Å². The molecule has 2 heterocycles. The molecule has 1 atom stereocenters. The molecule has 3 aromatic rings. The van der Waals surface area contributed by atoms with Gasteiger partial charge >= 0.3 is 0 Å². The number of thioether (sulfide) groups is 1. The molecule has 4 rings (SSSR count). The molecule has 0 bridgehead atoms. The minimum absolute atomic E-state index is 0.136. The first kappa shape index (κ1) is 26.1. The predicted molar refractivity (Wildman–Crippen MR) is 139 cm³/mol. The summed E-state index contributed by atoms with van der Waals surface area (Å²) in [6, 6.07) is 12.5. The maximum atomic E-state index is 12.6. The number of carbonyl (C=O) groups is 2. The van der Waals surface area contributed by atoms with Gasteiger partial charge in [0.2, 0.25) is 18.6 Å². The first-order valence-corrected chi connectivity index (χ1v) is 12.7. The van der Waals surface area contributed by atoms with Crippen LogP contribution in [0.5, 0.6) is 17.2 Å². The van der Waals surface area contributed by atoms with Gasteiger partial charge in [0.05, 0.1) is 25.3 Å². The van der Waals surface area contributed by atoms with E-state index in [1.165, 1.54) is 11.8 Å². The second-order valence-electron chi connectivity index (χ2n) is 8.31. The van der Waals surface area contributed by atoms with E-state index in [4.69, 9.17) is 14.2 Å². The number of fused-ring (bicyclic) bond motifs is 1. The molecule has 2 N–H and O–H groups in total.